The summed E-state index contributed by atoms with van der Waals surface area (Å²) in [5, 5.41) is 20.5. The molecule has 0 bridgehead atoms. The summed E-state index contributed by atoms with van der Waals surface area (Å²) in [4.78, 5) is 12.2. The molecule has 0 aromatic carbocycles. The standard InChI is InChI=1S/C19H27N5O6S2/c1-6-23(7-2)32(27,28)19-16(25)13(10-31-19)20-18-17(22-30-24(18)26)21-15(11(3)4)14-9-8-12(5)29-14/h8-11,15,20H,6-7H2,1-5H3,(H2-,21,22,25,26)/p+1/t15-/m1/s1. The van der Waals surface area contributed by atoms with Crippen LogP contribution in [0.3, 0.4) is 0 Å². The van der Waals surface area contributed by atoms with Crippen molar-refractivity contribution < 1.29 is 27.2 Å². The molecule has 0 saturated carbocycles. The van der Waals surface area contributed by atoms with Crippen molar-refractivity contribution >= 4 is 38.7 Å². The van der Waals surface area contributed by atoms with E-state index in [1.54, 1.807) is 13.8 Å². The number of H-pyrrole nitrogens is 1. The Labute approximate surface area is 189 Å². The van der Waals surface area contributed by atoms with Crippen LogP contribution in [0.25, 0.3) is 0 Å². The minimum atomic E-state index is -3.86. The van der Waals surface area contributed by atoms with E-state index in [1.807, 2.05) is 32.9 Å². The Morgan fingerprint density at radius 1 is 1.28 bits per heavy atom. The maximum atomic E-state index is 12.8. The van der Waals surface area contributed by atoms with E-state index in [9.17, 15) is 18.4 Å². The quantitative estimate of drug-likeness (QED) is 0.339. The van der Waals surface area contributed by atoms with Crippen LogP contribution in [0.1, 0.15) is 45.3 Å². The summed E-state index contributed by atoms with van der Waals surface area (Å²) in [7, 11) is -3.86. The number of aryl methyl sites for hydroxylation is 1. The molecule has 13 heteroatoms. The van der Waals surface area contributed by atoms with Gasteiger partial charge in [0, 0.05) is 18.5 Å². The van der Waals surface area contributed by atoms with Gasteiger partial charge in [0.1, 0.15) is 11.5 Å². The van der Waals surface area contributed by atoms with Gasteiger partial charge in [0.25, 0.3) is 15.8 Å². The van der Waals surface area contributed by atoms with Gasteiger partial charge in [-0.3, -0.25) is 5.32 Å². The summed E-state index contributed by atoms with van der Waals surface area (Å²) < 4.78 is 37.4. The molecule has 11 nitrogen and oxygen atoms in total. The number of aromatic nitrogens is 2. The number of nitrogens with one attached hydrogen (secondary N) is 3. The molecule has 176 valence electrons. The third-order valence-electron chi connectivity index (χ3n) is 4.95. The Bertz CT molecular complexity index is 1220. The van der Waals surface area contributed by atoms with Gasteiger partial charge in [0.05, 0.1) is 6.04 Å². The van der Waals surface area contributed by atoms with Gasteiger partial charge in [-0.25, -0.2) is 8.42 Å². The lowest BCUT2D eigenvalue weighted by Crippen LogP contribution is -2.30. The smallest absolute Gasteiger partial charge is 0.371 e. The summed E-state index contributed by atoms with van der Waals surface area (Å²) in [6, 6.07) is 3.41. The Balaban J connectivity index is 1.91. The number of nitrogens with zero attached hydrogens (tertiary/aromatic N) is 2. The van der Waals surface area contributed by atoms with E-state index in [-0.39, 0.29) is 51.2 Å². The molecular weight excluding hydrogens is 458 g/mol. The van der Waals surface area contributed by atoms with Crippen LogP contribution in [0.15, 0.2) is 30.8 Å². The van der Waals surface area contributed by atoms with Crippen LogP contribution in [0, 0.1) is 17.7 Å². The van der Waals surface area contributed by atoms with Crippen molar-refractivity contribution in [3.63, 3.8) is 0 Å². The highest BCUT2D eigenvalue weighted by atomic mass is 32.2. The molecule has 3 aromatic heterocycles. The SMILES string of the molecule is CCN(CC)S(=O)(=O)c1scc(Nc2c(N[C@@H](c3ccc(C)o3)C(C)C)[nH]o[n+]2=O)c1O. The summed E-state index contributed by atoms with van der Waals surface area (Å²) in [6.45, 7) is 9.80. The van der Waals surface area contributed by atoms with E-state index in [1.165, 1.54) is 9.69 Å². The predicted molar refractivity (Wildman–Crippen MR) is 120 cm³/mol. The van der Waals surface area contributed by atoms with Crippen LogP contribution in [-0.4, -0.2) is 36.1 Å². The van der Waals surface area contributed by atoms with Crippen molar-refractivity contribution in [2.24, 2.45) is 5.92 Å². The Kier molecular flexibility index (Phi) is 7.00. The Hall–Kier alpha value is -2.77. The van der Waals surface area contributed by atoms with Crippen molar-refractivity contribution in [1.82, 2.24) is 9.46 Å². The maximum Gasteiger partial charge on any atom is 0.371 e. The van der Waals surface area contributed by atoms with Crippen molar-refractivity contribution in [3.8, 4) is 5.75 Å². The number of sulfonamides is 1. The van der Waals surface area contributed by atoms with Gasteiger partial charge in [0.15, 0.2) is 20.2 Å². The lowest BCUT2D eigenvalue weighted by molar-refractivity contribution is -0.701. The molecule has 0 aliphatic carbocycles. The first-order valence-corrected chi connectivity index (χ1v) is 12.5. The lowest BCUT2D eigenvalue weighted by Gasteiger charge is -2.19. The van der Waals surface area contributed by atoms with Gasteiger partial charge < -0.3 is 14.8 Å². The van der Waals surface area contributed by atoms with Crippen LogP contribution in [0.5, 0.6) is 5.75 Å². The summed E-state index contributed by atoms with van der Waals surface area (Å²) in [5.74, 6) is 1.21. The number of thiophene rings is 1. The number of anilines is 3. The fourth-order valence-corrected chi connectivity index (χ4v) is 6.07. The number of aromatic amines is 1. The van der Waals surface area contributed by atoms with Gasteiger partial charge in [-0.1, -0.05) is 32.9 Å². The van der Waals surface area contributed by atoms with Crippen molar-refractivity contribution in [2.45, 2.75) is 44.9 Å². The second kappa shape index (κ2) is 9.38. The number of aromatic hydroxyl groups is 1. The van der Waals surface area contributed by atoms with E-state index in [0.29, 0.717) is 5.76 Å². The van der Waals surface area contributed by atoms with E-state index < -0.39 is 15.8 Å². The summed E-state index contributed by atoms with van der Waals surface area (Å²) in [5.41, 5.74) is 0.0677. The molecule has 4 N–H and O–H groups in total. The van der Waals surface area contributed by atoms with Crippen LogP contribution < -0.4 is 15.2 Å². The highest BCUT2D eigenvalue weighted by Crippen LogP contribution is 2.41. The molecule has 0 unspecified atom stereocenters. The monoisotopic (exact) mass is 486 g/mol. The molecule has 1 atom stereocenters. The van der Waals surface area contributed by atoms with Gasteiger partial charge in [-0.05, 0) is 29.9 Å². The highest BCUT2D eigenvalue weighted by Gasteiger charge is 2.32. The van der Waals surface area contributed by atoms with Gasteiger partial charge >= 0.3 is 5.82 Å². The number of furan rings is 1. The van der Waals surface area contributed by atoms with Gasteiger partial charge in [0.2, 0.25) is 0 Å². The molecule has 3 aromatic rings. The van der Waals surface area contributed by atoms with E-state index in [4.69, 9.17) is 9.05 Å². The summed E-state index contributed by atoms with van der Waals surface area (Å²) in [6.07, 6.45) is 0. The molecule has 0 aliphatic heterocycles. The molecule has 0 spiro atoms. The van der Waals surface area contributed by atoms with E-state index in [0.717, 1.165) is 17.1 Å². The van der Waals surface area contributed by atoms with Gasteiger partial charge in [-0.15, -0.1) is 16.0 Å². The molecule has 0 aliphatic rings. The first kappa shape index (κ1) is 23.9. The number of hydrogen-bond acceptors (Lipinski definition) is 9. The van der Waals surface area contributed by atoms with E-state index in [2.05, 4.69) is 15.8 Å². The molecule has 3 rings (SSSR count). The largest absolute Gasteiger partial charge is 0.503 e. The van der Waals surface area contributed by atoms with Crippen LogP contribution in [0.4, 0.5) is 17.3 Å². The zero-order valence-corrected chi connectivity index (χ0v) is 20.1. The molecule has 0 saturated heterocycles. The second-order valence-corrected chi connectivity index (χ2v) is 10.5. The van der Waals surface area contributed by atoms with Crippen molar-refractivity contribution in [1.29, 1.82) is 0 Å². The minimum Gasteiger partial charge on any atom is -0.503 e. The lowest BCUT2D eigenvalue weighted by atomic mass is 10.0. The van der Waals surface area contributed by atoms with E-state index >= 15 is 0 Å². The van der Waals surface area contributed by atoms with Crippen LogP contribution in [-0.2, 0) is 10.0 Å². The third kappa shape index (κ3) is 4.54. The number of rotatable bonds is 10. The molecule has 3 heterocycles. The summed E-state index contributed by atoms with van der Waals surface area (Å²) >= 11 is 0.865. The Morgan fingerprint density at radius 3 is 2.53 bits per heavy atom. The molecule has 0 fully saturated rings. The second-order valence-electron chi connectivity index (χ2n) is 7.49. The minimum absolute atomic E-state index is 0.0677. The average molecular weight is 487 g/mol. The molecular formula is C19H28N5O6S2+. The molecule has 0 amide bonds. The van der Waals surface area contributed by atoms with Gasteiger partial charge in [-0.2, -0.15) is 4.31 Å². The van der Waals surface area contributed by atoms with Crippen molar-refractivity contribution in [2.75, 3.05) is 23.7 Å². The van der Waals surface area contributed by atoms with Crippen molar-refractivity contribution in [3.05, 3.63) is 33.9 Å². The normalized spacial score (nSPS) is 13.1. The zero-order chi connectivity index (χ0) is 23.6. The fraction of sp³-hybridized carbons (Fsp3) is 0.474. The number of hydrogen-bond donors (Lipinski definition) is 4. The highest BCUT2D eigenvalue weighted by molar-refractivity contribution is 7.91. The molecule has 32 heavy (non-hydrogen) atoms. The van der Waals surface area contributed by atoms with Crippen LogP contribution in [0.2, 0.25) is 0 Å². The fourth-order valence-electron chi connectivity index (χ4n) is 3.23. The first-order chi connectivity index (χ1) is 15.1. The average Bonchev–Trinajstić information content (AvgIpc) is 3.41. The predicted octanol–water partition coefficient (Wildman–Crippen LogP) is 3.77. The maximum absolute atomic E-state index is 12.8. The third-order valence-corrected chi connectivity index (χ3v) is 8.49. The first-order valence-electron chi connectivity index (χ1n) is 10.1. The topological polar surface area (TPSA) is 147 Å². The van der Waals surface area contributed by atoms with Crippen LogP contribution >= 0.6 is 11.3 Å². The zero-order valence-electron chi connectivity index (χ0n) is 18.5. The molecule has 0 radical (unpaired) electrons. The Morgan fingerprint density at radius 2 is 1.97 bits per heavy atom.